The van der Waals surface area contributed by atoms with Gasteiger partial charge in [0.05, 0.1) is 11.9 Å². The lowest BCUT2D eigenvalue weighted by Gasteiger charge is -2.20. The lowest BCUT2D eigenvalue weighted by molar-refractivity contribution is 0.102. The third-order valence-corrected chi connectivity index (χ3v) is 5.34. The fraction of sp³-hybridized carbons (Fsp3) is 0.278. The van der Waals surface area contributed by atoms with Gasteiger partial charge in [-0.05, 0) is 61.7 Å². The minimum absolute atomic E-state index is 0.264. The number of rotatable bonds is 4. The van der Waals surface area contributed by atoms with Crippen LogP contribution in [-0.2, 0) is 10.0 Å². The van der Waals surface area contributed by atoms with Crippen molar-refractivity contribution in [1.29, 1.82) is 0 Å². The minimum Gasteiger partial charge on any atom is -0.322 e. The molecule has 0 aliphatic rings. The zero-order chi connectivity index (χ0) is 18.1. The van der Waals surface area contributed by atoms with Crippen molar-refractivity contribution in [3.8, 4) is 0 Å². The zero-order valence-corrected chi connectivity index (χ0v) is 15.4. The van der Waals surface area contributed by atoms with Gasteiger partial charge in [0.25, 0.3) is 5.91 Å². The second kappa shape index (κ2) is 6.65. The summed E-state index contributed by atoms with van der Waals surface area (Å²) in [5.74, 6) is -0.264. The predicted molar refractivity (Wildman–Crippen MR) is 98.3 cm³/mol. The van der Waals surface area contributed by atoms with Crippen LogP contribution in [0.15, 0.2) is 36.4 Å². The lowest BCUT2D eigenvalue weighted by atomic mass is 10.1. The second-order valence-electron chi connectivity index (χ2n) is 5.93. The number of carbonyl (C=O) groups is 1. The summed E-state index contributed by atoms with van der Waals surface area (Å²) in [6.07, 6.45) is 1.13. The average Bonchev–Trinajstić information content (AvgIpc) is 2.49. The van der Waals surface area contributed by atoms with Gasteiger partial charge in [-0.25, -0.2) is 8.42 Å². The Morgan fingerprint density at radius 3 is 2.29 bits per heavy atom. The van der Waals surface area contributed by atoms with E-state index in [1.165, 1.54) is 11.4 Å². The summed E-state index contributed by atoms with van der Waals surface area (Å²) in [4.78, 5) is 12.6. The van der Waals surface area contributed by atoms with Gasteiger partial charge in [-0.15, -0.1) is 0 Å². The molecule has 2 aromatic carbocycles. The van der Waals surface area contributed by atoms with Crippen molar-refractivity contribution in [3.63, 3.8) is 0 Å². The number of carbonyl (C=O) groups excluding carboxylic acids is 1. The highest BCUT2D eigenvalue weighted by molar-refractivity contribution is 7.92. The van der Waals surface area contributed by atoms with Gasteiger partial charge >= 0.3 is 0 Å². The van der Waals surface area contributed by atoms with E-state index in [-0.39, 0.29) is 5.91 Å². The summed E-state index contributed by atoms with van der Waals surface area (Å²) in [5.41, 5.74) is 4.51. The maximum atomic E-state index is 12.6. The molecule has 1 N–H and O–H groups in total. The van der Waals surface area contributed by atoms with Crippen molar-refractivity contribution in [1.82, 2.24) is 0 Å². The molecule has 1 amide bonds. The summed E-state index contributed by atoms with van der Waals surface area (Å²) < 4.78 is 24.7. The monoisotopic (exact) mass is 346 g/mol. The van der Waals surface area contributed by atoms with Crippen LogP contribution in [-0.4, -0.2) is 27.6 Å². The number of aryl methyl sites for hydroxylation is 2. The summed E-state index contributed by atoms with van der Waals surface area (Å²) in [5, 5.41) is 2.87. The number of anilines is 2. The highest BCUT2D eigenvalue weighted by Crippen LogP contribution is 2.25. The van der Waals surface area contributed by atoms with Crippen molar-refractivity contribution in [3.05, 3.63) is 58.7 Å². The standard InChI is InChI=1S/C18H22N2O3S/c1-12-9-10-15(11-13(12)2)19-18(21)16-7-6-8-17(14(16)3)20(4)24(5,22)23/h6-11H,1-5H3,(H,19,21). The fourth-order valence-corrected chi connectivity index (χ4v) is 2.96. The van der Waals surface area contributed by atoms with E-state index in [2.05, 4.69) is 5.32 Å². The highest BCUT2D eigenvalue weighted by atomic mass is 32.2. The molecule has 6 heteroatoms. The molecule has 0 radical (unpaired) electrons. The molecule has 128 valence electrons. The smallest absolute Gasteiger partial charge is 0.256 e. The van der Waals surface area contributed by atoms with Crippen LogP contribution in [0.4, 0.5) is 11.4 Å². The van der Waals surface area contributed by atoms with Crippen LogP contribution in [0, 0.1) is 20.8 Å². The molecule has 0 bridgehead atoms. The van der Waals surface area contributed by atoms with Crippen LogP contribution in [0.2, 0.25) is 0 Å². The van der Waals surface area contributed by atoms with Crippen LogP contribution >= 0.6 is 0 Å². The van der Waals surface area contributed by atoms with Gasteiger partial charge in [-0.1, -0.05) is 12.1 Å². The number of hydrogen-bond acceptors (Lipinski definition) is 3. The lowest BCUT2D eigenvalue weighted by Crippen LogP contribution is -2.26. The molecule has 0 aromatic heterocycles. The molecule has 2 rings (SSSR count). The minimum atomic E-state index is -3.39. The molecule has 24 heavy (non-hydrogen) atoms. The second-order valence-corrected chi connectivity index (χ2v) is 7.95. The van der Waals surface area contributed by atoms with Gasteiger partial charge in [0.1, 0.15) is 0 Å². The van der Waals surface area contributed by atoms with E-state index < -0.39 is 10.0 Å². The summed E-state index contributed by atoms with van der Waals surface area (Å²) >= 11 is 0. The van der Waals surface area contributed by atoms with Crippen LogP contribution in [0.3, 0.4) is 0 Å². The average molecular weight is 346 g/mol. The molecule has 5 nitrogen and oxygen atoms in total. The summed E-state index contributed by atoms with van der Waals surface area (Å²) in [6.45, 7) is 5.74. The number of amides is 1. The van der Waals surface area contributed by atoms with Crippen LogP contribution in [0.25, 0.3) is 0 Å². The molecule has 2 aromatic rings. The Morgan fingerprint density at radius 2 is 1.71 bits per heavy atom. The van der Waals surface area contributed by atoms with Crippen LogP contribution in [0.1, 0.15) is 27.0 Å². The molecular weight excluding hydrogens is 324 g/mol. The third-order valence-electron chi connectivity index (χ3n) is 4.15. The Morgan fingerprint density at radius 1 is 1.04 bits per heavy atom. The van der Waals surface area contributed by atoms with E-state index in [0.29, 0.717) is 22.5 Å². The Kier molecular flexibility index (Phi) is 4.99. The van der Waals surface area contributed by atoms with E-state index in [1.807, 2.05) is 32.0 Å². The first-order valence-electron chi connectivity index (χ1n) is 7.53. The number of hydrogen-bond donors (Lipinski definition) is 1. The number of sulfonamides is 1. The van der Waals surface area contributed by atoms with E-state index >= 15 is 0 Å². The zero-order valence-electron chi connectivity index (χ0n) is 14.5. The Bertz CT molecular complexity index is 889. The summed E-state index contributed by atoms with van der Waals surface area (Å²) in [7, 11) is -1.91. The maximum Gasteiger partial charge on any atom is 0.256 e. The van der Waals surface area contributed by atoms with E-state index in [1.54, 1.807) is 25.1 Å². The first-order chi connectivity index (χ1) is 11.1. The molecular formula is C18H22N2O3S. The molecule has 0 atom stereocenters. The fourth-order valence-electron chi connectivity index (χ4n) is 2.41. The van der Waals surface area contributed by atoms with Crippen molar-refractivity contribution < 1.29 is 13.2 Å². The molecule has 0 aliphatic heterocycles. The van der Waals surface area contributed by atoms with Gasteiger partial charge < -0.3 is 5.32 Å². The van der Waals surface area contributed by atoms with Gasteiger partial charge in [0.2, 0.25) is 10.0 Å². The summed E-state index contributed by atoms with van der Waals surface area (Å²) in [6, 6.07) is 10.8. The van der Waals surface area contributed by atoms with Gasteiger partial charge in [-0.3, -0.25) is 9.10 Å². The van der Waals surface area contributed by atoms with E-state index in [0.717, 1.165) is 17.4 Å². The van der Waals surface area contributed by atoms with Gasteiger partial charge in [0.15, 0.2) is 0 Å². The Labute approximate surface area is 143 Å². The molecule has 0 fully saturated rings. The molecule has 0 heterocycles. The molecule has 0 spiro atoms. The largest absolute Gasteiger partial charge is 0.322 e. The number of nitrogens with one attached hydrogen (secondary N) is 1. The SMILES string of the molecule is Cc1ccc(NC(=O)c2cccc(N(C)S(C)(=O)=O)c2C)cc1C. The molecule has 0 aliphatic carbocycles. The van der Waals surface area contributed by atoms with E-state index in [4.69, 9.17) is 0 Å². The van der Waals surface area contributed by atoms with Crippen molar-refractivity contribution >= 4 is 27.3 Å². The van der Waals surface area contributed by atoms with Crippen molar-refractivity contribution in [2.45, 2.75) is 20.8 Å². The quantitative estimate of drug-likeness (QED) is 0.924. The van der Waals surface area contributed by atoms with E-state index in [9.17, 15) is 13.2 Å². The Balaban J connectivity index is 2.35. The van der Waals surface area contributed by atoms with Crippen molar-refractivity contribution in [2.24, 2.45) is 0 Å². The Hall–Kier alpha value is -2.34. The molecule has 0 saturated heterocycles. The highest BCUT2D eigenvalue weighted by Gasteiger charge is 2.18. The maximum absolute atomic E-state index is 12.6. The van der Waals surface area contributed by atoms with Gasteiger partial charge in [-0.2, -0.15) is 0 Å². The third kappa shape index (κ3) is 3.76. The molecule has 0 unspecified atom stereocenters. The van der Waals surface area contributed by atoms with Crippen molar-refractivity contribution in [2.75, 3.05) is 22.9 Å². The van der Waals surface area contributed by atoms with Crippen LogP contribution in [0.5, 0.6) is 0 Å². The number of benzene rings is 2. The first-order valence-corrected chi connectivity index (χ1v) is 9.38. The molecule has 0 saturated carbocycles. The number of nitrogens with zero attached hydrogens (tertiary/aromatic N) is 1. The normalized spacial score (nSPS) is 11.2. The predicted octanol–water partition coefficient (Wildman–Crippen LogP) is 3.26. The van der Waals surface area contributed by atoms with Gasteiger partial charge in [0, 0.05) is 18.3 Å². The van der Waals surface area contributed by atoms with Crippen LogP contribution < -0.4 is 9.62 Å². The topological polar surface area (TPSA) is 66.5 Å². The first kappa shape index (κ1) is 18.0.